The van der Waals surface area contributed by atoms with Crippen LogP contribution in [0.3, 0.4) is 0 Å². The Morgan fingerprint density at radius 2 is 1.89 bits per heavy atom. The molecule has 2 aliphatic rings. The first kappa shape index (κ1) is 16.5. The second-order valence-electron chi connectivity index (χ2n) is 7.56. The van der Waals surface area contributed by atoms with E-state index in [1.165, 1.54) is 5.56 Å². The van der Waals surface area contributed by atoms with Gasteiger partial charge < -0.3 is 14.5 Å². The maximum atomic E-state index is 5.87. The second kappa shape index (κ2) is 6.49. The average Bonchev–Trinajstić information content (AvgIpc) is 3.08. The highest BCUT2D eigenvalue weighted by Crippen LogP contribution is 2.33. The van der Waals surface area contributed by atoms with Gasteiger partial charge in [0.15, 0.2) is 5.65 Å². The first-order chi connectivity index (χ1) is 13.2. The van der Waals surface area contributed by atoms with Crippen LogP contribution in [-0.2, 0) is 17.7 Å². The molecule has 140 valence electrons. The maximum absolute atomic E-state index is 5.87. The molecule has 27 heavy (non-hydrogen) atoms. The van der Waals surface area contributed by atoms with E-state index in [-0.39, 0.29) is 12.2 Å². The highest BCUT2D eigenvalue weighted by atomic mass is 16.5. The van der Waals surface area contributed by atoms with Gasteiger partial charge in [0, 0.05) is 32.6 Å². The first-order valence-electron chi connectivity index (χ1n) is 9.61. The standard InChI is InChI=1S/C20H24N6O/c1-13-10-26(11-14(2)27-13)20-21-18-17-16(23-24-18)8-9-25(19(17)22-20)12-15-6-4-3-5-7-15/h3-7,13-14H,8-12H2,1-2H3,(H,21,22,23,24)/t13-,14+. The summed E-state index contributed by atoms with van der Waals surface area (Å²) in [6, 6.07) is 10.5. The molecule has 0 aliphatic carbocycles. The van der Waals surface area contributed by atoms with E-state index < -0.39 is 0 Å². The van der Waals surface area contributed by atoms with E-state index in [4.69, 9.17) is 14.7 Å². The van der Waals surface area contributed by atoms with Gasteiger partial charge in [0.25, 0.3) is 0 Å². The van der Waals surface area contributed by atoms with Crippen molar-refractivity contribution in [3.05, 3.63) is 41.6 Å². The lowest BCUT2D eigenvalue weighted by molar-refractivity contribution is -0.00570. The zero-order valence-corrected chi connectivity index (χ0v) is 15.7. The van der Waals surface area contributed by atoms with Gasteiger partial charge in [0.2, 0.25) is 5.95 Å². The van der Waals surface area contributed by atoms with E-state index in [1.807, 2.05) is 0 Å². The lowest BCUT2D eigenvalue weighted by Gasteiger charge is -2.36. The first-order valence-corrected chi connectivity index (χ1v) is 9.61. The largest absolute Gasteiger partial charge is 0.372 e. The van der Waals surface area contributed by atoms with E-state index in [9.17, 15) is 0 Å². The second-order valence-corrected chi connectivity index (χ2v) is 7.56. The summed E-state index contributed by atoms with van der Waals surface area (Å²) in [4.78, 5) is 14.4. The van der Waals surface area contributed by atoms with Crippen molar-refractivity contribution in [2.24, 2.45) is 0 Å². The SMILES string of the molecule is C[C@@H]1CN(c2nc3c4c(n[nH]c4n2)CCN3Cc2ccccc2)C[C@H](C)O1. The van der Waals surface area contributed by atoms with Gasteiger partial charge in [-0.2, -0.15) is 15.1 Å². The number of nitrogens with one attached hydrogen (secondary N) is 1. The number of benzene rings is 1. The Bertz CT molecular complexity index is 946. The number of anilines is 2. The molecule has 2 aromatic heterocycles. The molecule has 0 radical (unpaired) electrons. The van der Waals surface area contributed by atoms with Crippen molar-refractivity contribution >= 4 is 22.8 Å². The van der Waals surface area contributed by atoms with E-state index in [2.05, 4.69) is 64.2 Å². The van der Waals surface area contributed by atoms with Crippen molar-refractivity contribution in [3.8, 4) is 0 Å². The van der Waals surface area contributed by atoms with Gasteiger partial charge in [-0.15, -0.1) is 0 Å². The Labute approximate surface area is 158 Å². The van der Waals surface area contributed by atoms with Crippen LogP contribution < -0.4 is 9.80 Å². The minimum Gasteiger partial charge on any atom is -0.372 e. The van der Waals surface area contributed by atoms with Crippen LogP contribution in [0.15, 0.2) is 30.3 Å². The van der Waals surface area contributed by atoms with E-state index in [0.29, 0.717) is 0 Å². The highest BCUT2D eigenvalue weighted by Gasteiger charge is 2.29. The van der Waals surface area contributed by atoms with Gasteiger partial charge in [-0.1, -0.05) is 30.3 Å². The van der Waals surface area contributed by atoms with Crippen molar-refractivity contribution in [2.45, 2.75) is 39.0 Å². The Balaban J connectivity index is 1.55. The molecule has 0 unspecified atom stereocenters. The molecule has 7 heteroatoms. The smallest absolute Gasteiger partial charge is 0.229 e. The predicted octanol–water partition coefficient (Wildman–Crippen LogP) is 2.53. The van der Waals surface area contributed by atoms with Crippen molar-refractivity contribution in [3.63, 3.8) is 0 Å². The molecule has 7 nitrogen and oxygen atoms in total. The topological polar surface area (TPSA) is 70.2 Å². The minimum atomic E-state index is 0.169. The molecule has 4 heterocycles. The van der Waals surface area contributed by atoms with Crippen molar-refractivity contribution in [1.82, 2.24) is 20.2 Å². The summed E-state index contributed by atoms with van der Waals surface area (Å²) < 4.78 is 5.87. The Kier molecular flexibility index (Phi) is 3.97. The summed E-state index contributed by atoms with van der Waals surface area (Å²) in [5.74, 6) is 1.75. The molecule has 2 aliphatic heterocycles. The fourth-order valence-electron chi connectivity index (χ4n) is 4.16. The normalized spacial score (nSPS) is 22.4. The molecule has 0 bridgehead atoms. The molecule has 0 spiro atoms. The van der Waals surface area contributed by atoms with E-state index >= 15 is 0 Å². The summed E-state index contributed by atoms with van der Waals surface area (Å²) in [7, 11) is 0. The number of aromatic nitrogens is 4. The van der Waals surface area contributed by atoms with Crippen molar-refractivity contribution in [1.29, 1.82) is 0 Å². The van der Waals surface area contributed by atoms with Gasteiger partial charge >= 0.3 is 0 Å². The lowest BCUT2D eigenvalue weighted by atomic mass is 10.1. The van der Waals surface area contributed by atoms with Gasteiger partial charge in [-0.05, 0) is 19.4 Å². The number of ether oxygens (including phenoxy) is 1. The molecule has 5 rings (SSSR count). The number of rotatable bonds is 3. The Morgan fingerprint density at radius 1 is 1.11 bits per heavy atom. The zero-order chi connectivity index (χ0) is 18.4. The monoisotopic (exact) mass is 364 g/mol. The number of morpholine rings is 1. The summed E-state index contributed by atoms with van der Waals surface area (Å²) >= 11 is 0. The number of hydrogen-bond acceptors (Lipinski definition) is 6. The Morgan fingerprint density at radius 3 is 2.67 bits per heavy atom. The fourth-order valence-corrected chi connectivity index (χ4v) is 4.16. The maximum Gasteiger partial charge on any atom is 0.229 e. The minimum absolute atomic E-state index is 0.169. The molecule has 0 amide bonds. The van der Waals surface area contributed by atoms with Crippen LogP contribution >= 0.6 is 0 Å². The molecular formula is C20H24N6O. The highest BCUT2D eigenvalue weighted by molar-refractivity contribution is 5.91. The number of H-pyrrole nitrogens is 1. The number of aromatic amines is 1. The van der Waals surface area contributed by atoms with Crippen molar-refractivity contribution in [2.75, 3.05) is 29.4 Å². The quantitative estimate of drug-likeness (QED) is 0.770. The molecule has 1 saturated heterocycles. The van der Waals surface area contributed by atoms with Gasteiger partial charge in [-0.3, -0.25) is 5.10 Å². The third-order valence-electron chi connectivity index (χ3n) is 5.30. The van der Waals surface area contributed by atoms with Crippen LogP contribution in [0.1, 0.15) is 25.1 Å². The van der Waals surface area contributed by atoms with Crippen LogP contribution in [0, 0.1) is 0 Å². The molecule has 0 saturated carbocycles. The third kappa shape index (κ3) is 3.02. The van der Waals surface area contributed by atoms with Crippen LogP contribution in [-0.4, -0.2) is 52.0 Å². The fraction of sp³-hybridized carbons (Fsp3) is 0.450. The number of nitrogens with zero attached hydrogens (tertiary/aromatic N) is 5. The molecule has 2 atom stereocenters. The molecule has 1 aromatic carbocycles. The number of hydrogen-bond donors (Lipinski definition) is 1. The van der Waals surface area contributed by atoms with Crippen LogP contribution in [0.25, 0.3) is 11.0 Å². The van der Waals surface area contributed by atoms with E-state index in [1.54, 1.807) is 0 Å². The van der Waals surface area contributed by atoms with Crippen LogP contribution in [0.5, 0.6) is 0 Å². The summed E-state index contributed by atoms with van der Waals surface area (Å²) in [5, 5.41) is 8.67. The summed E-state index contributed by atoms with van der Waals surface area (Å²) in [6.07, 6.45) is 1.25. The molecular weight excluding hydrogens is 340 g/mol. The Hall–Kier alpha value is -2.67. The van der Waals surface area contributed by atoms with E-state index in [0.717, 1.165) is 61.1 Å². The predicted molar refractivity (Wildman–Crippen MR) is 105 cm³/mol. The molecule has 1 fully saturated rings. The van der Waals surface area contributed by atoms with Gasteiger partial charge in [0.1, 0.15) is 5.82 Å². The summed E-state index contributed by atoms with van der Waals surface area (Å²) in [5.41, 5.74) is 3.18. The zero-order valence-electron chi connectivity index (χ0n) is 15.7. The average molecular weight is 364 g/mol. The van der Waals surface area contributed by atoms with Crippen LogP contribution in [0.4, 0.5) is 11.8 Å². The lowest BCUT2D eigenvalue weighted by Crippen LogP contribution is -2.46. The molecule has 1 N–H and O–H groups in total. The molecule has 3 aromatic rings. The summed E-state index contributed by atoms with van der Waals surface area (Å²) in [6.45, 7) is 7.55. The van der Waals surface area contributed by atoms with Crippen LogP contribution in [0.2, 0.25) is 0 Å². The van der Waals surface area contributed by atoms with Gasteiger partial charge in [-0.25, -0.2) is 0 Å². The van der Waals surface area contributed by atoms with Crippen molar-refractivity contribution < 1.29 is 4.74 Å². The third-order valence-corrected chi connectivity index (χ3v) is 5.30. The van der Waals surface area contributed by atoms with Gasteiger partial charge in [0.05, 0.1) is 23.3 Å².